The summed E-state index contributed by atoms with van der Waals surface area (Å²) in [5.74, 6) is 0. The van der Waals surface area contributed by atoms with Gasteiger partial charge in [-0.1, -0.05) is 30.1 Å². The van der Waals surface area contributed by atoms with Crippen LogP contribution >= 0.6 is 23.2 Å². The molecule has 2 aromatic rings. The highest BCUT2D eigenvalue weighted by atomic mass is 35.5. The van der Waals surface area contributed by atoms with Gasteiger partial charge in [-0.25, -0.2) is 0 Å². The molecule has 4 nitrogen and oxygen atoms in total. The number of hydrogen-bond donors (Lipinski definition) is 2. The lowest BCUT2D eigenvalue weighted by molar-refractivity contribution is 0.518. The van der Waals surface area contributed by atoms with E-state index in [1.165, 1.54) is 0 Å². The van der Waals surface area contributed by atoms with Gasteiger partial charge < -0.3 is 11.1 Å². The van der Waals surface area contributed by atoms with Crippen molar-refractivity contribution in [3.63, 3.8) is 0 Å². The van der Waals surface area contributed by atoms with E-state index >= 15 is 0 Å². The predicted molar refractivity (Wildman–Crippen MR) is 87.6 cm³/mol. The van der Waals surface area contributed by atoms with Crippen LogP contribution in [0.4, 0.5) is 5.69 Å². The quantitative estimate of drug-likeness (QED) is 0.851. The summed E-state index contributed by atoms with van der Waals surface area (Å²) in [6.45, 7) is 2.98. The highest BCUT2D eigenvalue weighted by molar-refractivity contribution is 6.34. The molecule has 21 heavy (non-hydrogen) atoms. The largest absolute Gasteiger partial charge is 0.398 e. The number of aromatic nitrogens is 2. The highest BCUT2D eigenvalue weighted by Crippen LogP contribution is 2.27. The van der Waals surface area contributed by atoms with Crippen molar-refractivity contribution >= 4 is 28.9 Å². The van der Waals surface area contributed by atoms with Crippen molar-refractivity contribution in [3.05, 3.63) is 52.0 Å². The Morgan fingerprint density at radius 3 is 2.81 bits per heavy atom. The normalized spacial score (nSPS) is 12.3. The SMILES string of the molecule is CCCNC(Cc1cnccc1N)c1ncc(Cl)cc1Cl. The third-order valence-corrected chi connectivity index (χ3v) is 3.68. The zero-order valence-electron chi connectivity index (χ0n) is 11.8. The summed E-state index contributed by atoms with van der Waals surface area (Å²) in [5.41, 5.74) is 8.46. The first kappa shape index (κ1) is 16.0. The number of rotatable bonds is 6. The molecule has 0 aliphatic rings. The lowest BCUT2D eigenvalue weighted by Gasteiger charge is -2.20. The molecule has 2 heterocycles. The number of nitrogens with zero attached hydrogens (tertiary/aromatic N) is 2. The van der Waals surface area contributed by atoms with Gasteiger partial charge in [0.25, 0.3) is 0 Å². The van der Waals surface area contributed by atoms with Crippen molar-refractivity contribution in [3.8, 4) is 0 Å². The minimum atomic E-state index is -0.0267. The van der Waals surface area contributed by atoms with Crippen LogP contribution in [0.15, 0.2) is 30.7 Å². The van der Waals surface area contributed by atoms with Gasteiger partial charge in [-0.05, 0) is 37.1 Å². The molecular weight excluding hydrogens is 307 g/mol. The molecule has 1 atom stereocenters. The van der Waals surface area contributed by atoms with Gasteiger partial charge >= 0.3 is 0 Å². The second-order valence-corrected chi connectivity index (χ2v) is 5.65. The molecule has 1 unspecified atom stereocenters. The summed E-state index contributed by atoms with van der Waals surface area (Å²) in [4.78, 5) is 8.50. The molecule has 0 saturated heterocycles. The first-order valence-electron chi connectivity index (χ1n) is 6.84. The van der Waals surface area contributed by atoms with E-state index in [0.29, 0.717) is 16.5 Å². The Morgan fingerprint density at radius 1 is 1.33 bits per heavy atom. The Labute approximate surface area is 134 Å². The Bertz CT molecular complexity index is 604. The molecule has 112 valence electrons. The van der Waals surface area contributed by atoms with Gasteiger partial charge in [-0.3, -0.25) is 9.97 Å². The van der Waals surface area contributed by atoms with E-state index in [1.54, 1.807) is 30.7 Å². The Balaban J connectivity index is 2.27. The molecule has 0 saturated carbocycles. The first-order valence-corrected chi connectivity index (χ1v) is 7.60. The van der Waals surface area contributed by atoms with Gasteiger partial charge in [0, 0.05) is 24.3 Å². The Morgan fingerprint density at radius 2 is 2.14 bits per heavy atom. The van der Waals surface area contributed by atoms with Crippen LogP contribution in [-0.4, -0.2) is 16.5 Å². The van der Waals surface area contributed by atoms with Crippen LogP contribution < -0.4 is 11.1 Å². The van der Waals surface area contributed by atoms with Crippen molar-refractivity contribution < 1.29 is 0 Å². The van der Waals surface area contributed by atoms with Crippen molar-refractivity contribution in [2.75, 3.05) is 12.3 Å². The number of anilines is 1. The van der Waals surface area contributed by atoms with E-state index in [4.69, 9.17) is 28.9 Å². The van der Waals surface area contributed by atoms with Crippen LogP contribution in [0.2, 0.25) is 10.0 Å². The van der Waals surface area contributed by atoms with E-state index < -0.39 is 0 Å². The number of pyridine rings is 2. The molecular formula is C15H18Cl2N4. The molecule has 0 spiro atoms. The zero-order chi connectivity index (χ0) is 15.2. The fourth-order valence-electron chi connectivity index (χ4n) is 2.09. The third kappa shape index (κ3) is 4.30. The Kier molecular flexibility index (Phi) is 5.79. The van der Waals surface area contributed by atoms with Crippen LogP contribution in [0.5, 0.6) is 0 Å². The zero-order valence-corrected chi connectivity index (χ0v) is 13.3. The van der Waals surface area contributed by atoms with E-state index in [2.05, 4.69) is 22.2 Å². The number of halogens is 2. The van der Waals surface area contributed by atoms with Crippen LogP contribution in [0.1, 0.15) is 30.6 Å². The topological polar surface area (TPSA) is 63.8 Å². The lowest BCUT2D eigenvalue weighted by Crippen LogP contribution is -2.25. The molecule has 2 rings (SSSR count). The minimum absolute atomic E-state index is 0.0267. The number of hydrogen-bond acceptors (Lipinski definition) is 4. The third-order valence-electron chi connectivity index (χ3n) is 3.17. The molecule has 0 radical (unpaired) electrons. The van der Waals surface area contributed by atoms with Gasteiger partial charge in [-0.15, -0.1) is 0 Å². The van der Waals surface area contributed by atoms with E-state index in [9.17, 15) is 0 Å². The monoisotopic (exact) mass is 324 g/mol. The molecule has 2 aromatic heterocycles. The van der Waals surface area contributed by atoms with Crippen molar-refractivity contribution in [1.29, 1.82) is 0 Å². The molecule has 0 amide bonds. The minimum Gasteiger partial charge on any atom is -0.398 e. The molecule has 3 N–H and O–H groups in total. The summed E-state index contributed by atoms with van der Waals surface area (Å²) in [7, 11) is 0. The Hall–Kier alpha value is -1.36. The second kappa shape index (κ2) is 7.59. The van der Waals surface area contributed by atoms with Crippen LogP contribution in [0, 0.1) is 0 Å². The molecule has 0 aliphatic carbocycles. The summed E-state index contributed by atoms with van der Waals surface area (Å²) in [6, 6.07) is 3.48. The van der Waals surface area contributed by atoms with E-state index in [0.717, 1.165) is 29.9 Å². The maximum atomic E-state index is 6.28. The summed E-state index contributed by atoms with van der Waals surface area (Å²) < 4.78 is 0. The summed E-state index contributed by atoms with van der Waals surface area (Å²) in [6.07, 6.45) is 6.76. The van der Waals surface area contributed by atoms with Crippen molar-refractivity contribution in [2.45, 2.75) is 25.8 Å². The van der Waals surface area contributed by atoms with Crippen LogP contribution in [-0.2, 0) is 6.42 Å². The summed E-state index contributed by atoms with van der Waals surface area (Å²) >= 11 is 12.2. The molecule has 6 heteroatoms. The van der Waals surface area contributed by atoms with Gasteiger partial charge in [0.15, 0.2) is 0 Å². The molecule has 0 aliphatic heterocycles. The van der Waals surface area contributed by atoms with Gasteiger partial charge in [0.05, 0.1) is 21.8 Å². The van der Waals surface area contributed by atoms with E-state index in [-0.39, 0.29) is 6.04 Å². The van der Waals surface area contributed by atoms with Gasteiger partial charge in [0.1, 0.15) is 0 Å². The second-order valence-electron chi connectivity index (χ2n) is 4.81. The van der Waals surface area contributed by atoms with E-state index in [1.807, 2.05) is 0 Å². The molecule has 0 bridgehead atoms. The fourth-order valence-corrected chi connectivity index (χ4v) is 2.61. The lowest BCUT2D eigenvalue weighted by atomic mass is 10.0. The smallest absolute Gasteiger partial charge is 0.0763 e. The highest BCUT2D eigenvalue weighted by Gasteiger charge is 2.18. The maximum absolute atomic E-state index is 6.28. The number of nitrogen functional groups attached to an aromatic ring is 1. The average molecular weight is 325 g/mol. The maximum Gasteiger partial charge on any atom is 0.0763 e. The number of nitrogens with two attached hydrogens (primary N) is 1. The van der Waals surface area contributed by atoms with Gasteiger partial charge in [-0.2, -0.15) is 0 Å². The summed E-state index contributed by atoms with van der Waals surface area (Å²) in [5, 5.41) is 4.53. The van der Waals surface area contributed by atoms with Crippen molar-refractivity contribution in [1.82, 2.24) is 15.3 Å². The van der Waals surface area contributed by atoms with Crippen LogP contribution in [0.3, 0.4) is 0 Å². The first-order chi connectivity index (χ1) is 10.1. The number of nitrogens with one attached hydrogen (secondary N) is 1. The van der Waals surface area contributed by atoms with Gasteiger partial charge in [0.2, 0.25) is 0 Å². The van der Waals surface area contributed by atoms with Crippen LogP contribution in [0.25, 0.3) is 0 Å². The standard InChI is InChI=1S/C15H18Cl2N4/c1-2-4-20-14(6-10-8-19-5-3-13(10)18)15-12(17)7-11(16)9-21-15/h3,5,7-9,14,20H,2,4,6H2,1H3,(H2,18,19). The molecule has 0 aromatic carbocycles. The predicted octanol–water partition coefficient (Wildman–Crippen LogP) is 3.65. The molecule has 0 fully saturated rings. The van der Waals surface area contributed by atoms with Crippen molar-refractivity contribution in [2.24, 2.45) is 0 Å². The average Bonchev–Trinajstić information content (AvgIpc) is 2.46. The fraction of sp³-hybridized carbons (Fsp3) is 0.333.